The zero-order valence-electron chi connectivity index (χ0n) is 10.1. The van der Waals surface area contributed by atoms with Gasteiger partial charge in [0.1, 0.15) is 11.6 Å². The number of Topliss-reactive ketones (excluding diaryl/α,β-unsaturated/α-hetero) is 2. The smallest absolute Gasteiger partial charge is 0.139 e. The molecular weight excluding hydrogens is 200 g/mol. The number of carbonyl (C=O) groups is 2. The first-order chi connectivity index (χ1) is 7.49. The van der Waals surface area contributed by atoms with E-state index in [-0.39, 0.29) is 11.6 Å². The largest absolute Gasteiger partial charge is 0.299 e. The van der Waals surface area contributed by atoms with Crippen molar-refractivity contribution in [3.63, 3.8) is 0 Å². The zero-order chi connectivity index (χ0) is 12.6. The van der Waals surface area contributed by atoms with Gasteiger partial charge in [0.15, 0.2) is 0 Å². The summed E-state index contributed by atoms with van der Waals surface area (Å²) >= 11 is 0. The summed E-state index contributed by atoms with van der Waals surface area (Å²) in [6.45, 7) is 8.09. The Balaban J connectivity index is 0.000000281. The third-order valence-electron chi connectivity index (χ3n) is 2.25. The highest BCUT2D eigenvalue weighted by atomic mass is 16.1. The first-order valence-corrected chi connectivity index (χ1v) is 5.17. The van der Waals surface area contributed by atoms with E-state index in [0.717, 1.165) is 0 Å². The van der Waals surface area contributed by atoms with Crippen molar-refractivity contribution >= 4 is 17.6 Å². The van der Waals surface area contributed by atoms with Gasteiger partial charge in [-0.3, -0.25) is 9.59 Å². The number of rotatable bonds is 3. The molecule has 0 unspecified atom stereocenters. The van der Waals surface area contributed by atoms with Gasteiger partial charge in [0.2, 0.25) is 0 Å². The Bertz CT molecular complexity index is 338. The summed E-state index contributed by atoms with van der Waals surface area (Å²) < 4.78 is 0. The number of benzene rings is 1. The third-order valence-corrected chi connectivity index (χ3v) is 2.25. The minimum atomic E-state index is -0.407. The van der Waals surface area contributed by atoms with Crippen LogP contribution in [0.1, 0.15) is 26.3 Å². The highest BCUT2D eigenvalue weighted by Crippen LogP contribution is 1.97. The van der Waals surface area contributed by atoms with Crippen molar-refractivity contribution < 1.29 is 9.59 Å². The molecule has 0 aliphatic heterocycles. The van der Waals surface area contributed by atoms with E-state index in [1.807, 2.05) is 36.4 Å². The molecule has 0 bridgehead atoms. The van der Waals surface area contributed by atoms with Crippen LogP contribution < -0.4 is 0 Å². The van der Waals surface area contributed by atoms with E-state index in [2.05, 4.69) is 6.58 Å². The molecule has 0 amide bonds. The van der Waals surface area contributed by atoms with Crippen LogP contribution in [0.15, 0.2) is 36.9 Å². The standard InChI is InChI=1S/C8H8.C6H10O2/c1-2-8-6-4-3-5-7-8;1-4(5(2)7)6(3)8/h2-7H,1H2;4H,1-3H3. The van der Waals surface area contributed by atoms with Crippen molar-refractivity contribution in [1.82, 2.24) is 0 Å². The molecule has 1 aromatic rings. The Morgan fingerprint density at radius 2 is 1.56 bits per heavy atom. The monoisotopic (exact) mass is 218 g/mol. The van der Waals surface area contributed by atoms with Crippen LogP contribution in [0.5, 0.6) is 0 Å². The lowest BCUT2D eigenvalue weighted by molar-refractivity contribution is -0.129. The van der Waals surface area contributed by atoms with Gasteiger partial charge >= 0.3 is 0 Å². The molecule has 0 atom stereocenters. The quantitative estimate of drug-likeness (QED) is 0.730. The summed E-state index contributed by atoms with van der Waals surface area (Å²) in [6, 6.07) is 10.0. The molecule has 2 nitrogen and oxygen atoms in total. The first-order valence-electron chi connectivity index (χ1n) is 5.17. The second-order valence-corrected chi connectivity index (χ2v) is 3.56. The molecule has 2 heteroatoms. The van der Waals surface area contributed by atoms with Gasteiger partial charge in [-0.2, -0.15) is 0 Å². The van der Waals surface area contributed by atoms with E-state index in [4.69, 9.17) is 0 Å². The van der Waals surface area contributed by atoms with Crippen molar-refractivity contribution in [1.29, 1.82) is 0 Å². The van der Waals surface area contributed by atoms with Gasteiger partial charge in [0.05, 0.1) is 5.92 Å². The second-order valence-electron chi connectivity index (χ2n) is 3.56. The molecule has 1 rings (SSSR count). The van der Waals surface area contributed by atoms with Crippen molar-refractivity contribution in [2.24, 2.45) is 5.92 Å². The third kappa shape index (κ3) is 5.91. The fourth-order valence-corrected chi connectivity index (χ4v) is 0.875. The van der Waals surface area contributed by atoms with Gasteiger partial charge in [-0.25, -0.2) is 0 Å². The van der Waals surface area contributed by atoms with Crippen LogP contribution in [-0.2, 0) is 9.59 Å². The molecule has 0 fully saturated rings. The summed E-state index contributed by atoms with van der Waals surface area (Å²) in [6.07, 6.45) is 1.83. The molecule has 0 aliphatic carbocycles. The van der Waals surface area contributed by atoms with E-state index in [1.165, 1.54) is 19.4 Å². The first kappa shape index (κ1) is 14.3. The van der Waals surface area contributed by atoms with Crippen LogP contribution in [0.2, 0.25) is 0 Å². The fourth-order valence-electron chi connectivity index (χ4n) is 0.875. The lowest BCUT2D eigenvalue weighted by atomic mass is 10.0. The molecule has 0 aromatic heterocycles. The highest BCUT2D eigenvalue weighted by Gasteiger charge is 2.10. The van der Waals surface area contributed by atoms with Gasteiger partial charge in [-0.05, 0) is 26.3 Å². The van der Waals surface area contributed by atoms with E-state index in [0.29, 0.717) is 0 Å². The van der Waals surface area contributed by atoms with Crippen molar-refractivity contribution in [2.75, 3.05) is 0 Å². The van der Waals surface area contributed by atoms with Gasteiger partial charge in [0, 0.05) is 0 Å². The van der Waals surface area contributed by atoms with Crippen LogP contribution in [0, 0.1) is 5.92 Å². The average Bonchev–Trinajstić information content (AvgIpc) is 2.29. The van der Waals surface area contributed by atoms with E-state index >= 15 is 0 Å². The number of ketones is 2. The van der Waals surface area contributed by atoms with Crippen LogP contribution in [0.3, 0.4) is 0 Å². The van der Waals surface area contributed by atoms with E-state index in [9.17, 15) is 9.59 Å². The van der Waals surface area contributed by atoms with Crippen LogP contribution in [0.4, 0.5) is 0 Å². The summed E-state index contributed by atoms with van der Waals surface area (Å²) in [7, 11) is 0. The predicted molar refractivity (Wildman–Crippen MR) is 67.1 cm³/mol. The second kappa shape index (κ2) is 7.57. The minimum absolute atomic E-state index is 0.0579. The number of hydrogen-bond acceptors (Lipinski definition) is 2. The minimum Gasteiger partial charge on any atom is -0.299 e. The van der Waals surface area contributed by atoms with Crippen LogP contribution in [0.25, 0.3) is 6.08 Å². The van der Waals surface area contributed by atoms with Crippen molar-refractivity contribution in [3.8, 4) is 0 Å². The number of hydrogen-bond donors (Lipinski definition) is 0. The van der Waals surface area contributed by atoms with Crippen LogP contribution in [-0.4, -0.2) is 11.6 Å². The molecule has 0 heterocycles. The van der Waals surface area contributed by atoms with E-state index in [1.54, 1.807) is 6.92 Å². The summed E-state index contributed by atoms with van der Waals surface area (Å²) in [5.41, 5.74) is 1.17. The topological polar surface area (TPSA) is 34.1 Å². The maximum Gasteiger partial charge on any atom is 0.139 e. The Hall–Kier alpha value is -1.70. The lowest BCUT2D eigenvalue weighted by Crippen LogP contribution is -2.14. The van der Waals surface area contributed by atoms with Crippen LogP contribution >= 0.6 is 0 Å². The molecule has 0 saturated heterocycles. The Labute approximate surface area is 97.0 Å². The zero-order valence-corrected chi connectivity index (χ0v) is 10.1. The molecule has 86 valence electrons. The van der Waals surface area contributed by atoms with E-state index < -0.39 is 5.92 Å². The molecule has 0 radical (unpaired) electrons. The van der Waals surface area contributed by atoms with Crippen molar-refractivity contribution in [3.05, 3.63) is 42.5 Å². The molecule has 0 saturated carbocycles. The maximum absolute atomic E-state index is 10.4. The normalized spacial score (nSPS) is 9.00. The molecular formula is C14H18O2. The molecule has 16 heavy (non-hydrogen) atoms. The molecule has 0 aliphatic rings. The maximum atomic E-state index is 10.4. The predicted octanol–water partition coefficient (Wildman–Crippen LogP) is 3.13. The number of carbonyl (C=O) groups excluding carboxylic acids is 2. The SMILES string of the molecule is C=Cc1ccccc1.CC(=O)C(C)C(C)=O. The molecule has 0 spiro atoms. The summed E-state index contributed by atoms with van der Waals surface area (Å²) in [4.78, 5) is 20.7. The molecule has 0 N–H and O–H groups in total. The highest BCUT2D eigenvalue weighted by molar-refractivity contribution is 5.99. The van der Waals surface area contributed by atoms with Gasteiger partial charge in [-0.15, -0.1) is 0 Å². The Kier molecular flexibility index (Phi) is 6.77. The fraction of sp³-hybridized carbons (Fsp3) is 0.286. The Morgan fingerprint density at radius 1 is 1.12 bits per heavy atom. The lowest BCUT2D eigenvalue weighted by Gasteiger charge is -1.97. The molecule has 1 aromatic carbocycles. The Morgan fingerprint density at radius 3 is 1.75 bits per heavy atom. The van der Waals surface area contributed by atoms with Crippen molar-refractivity contribution in [2.45, 2.75) is 20.8 Å². The summed E-state index contributed by atoms with van der Waals surface area (Å²) in [5.74, 6) is -0.523. The van der Waals surface area contributed by atoms with Gasteiger partial charge < -0.3 is 0 Å². The van der Waals surface area contributed by atoms with Gasteiger partial charge in [0.25, 0.3) is 0 Å². The average molecular weight is 218 g/mol. The van der Waals surface area contributed by atoms with Gasteiger partial charge in [-0.1, -0.05) is 43.0 Å². The summed E-state index contributed by atoms with van der Waals surface area (Å²) in [5, 5.41) is 0.